The second kappa shape index (κ2) is 7.67. The summed E-state index contributed by atoms with van der Waals surface area (Å²) in [5, 5.41) is 3.67. The van der Waals surface area contributed by atoms with Crippen molar-refractivity contribution < 1.29 is 0 Å². The summed E-state index contributed by atoms with van der Waals surface area (Å²) in [6, 6.07) is 0.653. The molecule has 2 heterocycles. The van der Waals surface area contributed by atoms with E-state index in [4.69, 9.17) is 0 Å². The highest BCUT2D eigenvalue weighted by Crippen LogP contribution is 2.37. The maximum absolute atomic E-state index is 3.67. The van der Waals surface area contributed by atoms with Crippen molar-refractivity contribution in [1.29, 1.82) is 0 Å². The van der Waals surface area contributed by atoms with Crippen molar-refractivity contribution >= 4 is 35.7 Å². The number of allylic oxidation sites excluding steroid dienone is 1. The molecule has 0 saturated carbocycles. The van der Waals surface area contributed by atoms with Crippen LogP contribution in [0.15, 0.2) is 29.5 Å². The van der Waals surface area contributed by atoms with Gasteiger partial charge >= 0.3 is 0 Å². The van der Waals surface area contributed by atoms with Crippen molar-refractivity contribution in [2.75, 3.05) is 18.1 Å². The van der Waals surface area contributed by atoms with E-state index in [1.807, 2.05) is 13.8 Å². The second-order valence-corrected chi connectivity index (χ2v) is 5.35. The lowest BCUT2D eigenvalue weighted by Crippen LogP contribution is -2.36. The van der Waals surface area contributed by atoms with Gasteiger partial charge in [-0.1, -0.05) is 25.5 Å². The largest absolute Gasteiger partial charge is 0.312 e. The molecule has 17 heavy (non-hydrogen) atoms. The van der Waals surface area contributed by atoms with Crippen molar-refractivity contribution in [3.63, 3.8) is 0 Å². The molecule has 3 atom stereocenters. The summed E-state index contributed by atoms with van der Waals surface area (Å²) >= 11 is 2.11. The van der Waals surface area contributed by atoms with Crippen LogP contribution in [-0.2, 0) is 0 Å². The van der Waals surface area contributed by atoms with Crippen LogP contribution in [0.3, 0.4) is 0 Å². The fourth-order valence-corrected chi connectivity index (χ4v) is 4.04. The number of hydrogen-bond acceptors (Lipinski definition) is 2. The lowest BCUT2D eigenvalue weighted by molar-refractivity contribution is 0.511. The van der Waals surface area contributed by atoms with Gasteiger partial charge in [-0.25, -0.2) is 0 Å². The van der Waals surface area contributed by atoms with Gasteiger partial charge < -0.3 is 5.32 Å². The fourth-order valence-electron chi connectivity index (χ4n) is 2.68. The molecule has 3 rings (SSSR count). The van der Waals surface area contributed by atoms with Crippen LogP contribution in [0, 0.1) is 11.8 Å². The van der Waals surface area contributed by atoms with E-state index in [1.54, 1.807) is 5.57 Å². The molecule has 0 aromatic heterocycles. The Morgan fingerprint density at radius 1 is 1.35 bits per heavy atom. The monoisotopic (exact) mass is 363 g/mol. The topological polar surface area (TPSA) is 12.0 Å². The zero-order chi connectivity index (χ0) is 11.4. The maximum atomic E-state index is 3.67. The van der Waals surface area contributed by atoms with Gasteiger partial charge in [-0.15, -0.1) is 29.7 Å². The van der Waals surface area contributed by atoms with Crippen molar-refractivity contribution in [3.05, 3.63) is 29.5 Å². The number of nitrogens with one attached hydrogen (secondary N) is 1. The highest BCUT2D eigenvalue weighted by atomic mass is 127. The van der Waals surface area contributed by atoms with Crippen LogP contribution < -0.4 is 5.32 Å². The van der Waals surface area contributed by atoms with Gasteiger partial charge in [0.15, 0.2) is 0 Å². The first kappa shape index (κ1) is 15.4. The van der Waals surface area contributed by atoms with Crippen LogP contribution in [0.5, 0.6) is 0 Å². The summed E-state index contributed by atoms with van der Waals surface area (Å²) in [5.74, 6) is 4.01. The molecule has 0 aromatic rings. The van der Waals surface area contributed by atoms with Crippen molar-refractivity contribution in [2.24, 2.45) is 11.8 Å². The van der Waals surface area contributed by atoms with Crippen LogP contribution in [0.25, 0.3) is 0 Å². The second-order valence-electron chi connectivity index (χ2n) is 4.28. The highest BCUT2D eigenvalue weighted by Gasteiger charge is 2.34. The number of thioether (sulfide) groups is 1. The third-order valence-electron chi connectivity index (χ3n) is 3.45. The fraction of sp³-hybridized carbons (Fsp3) is 0.643. The Bertz CT molecular complexity index is 321. The van der Waals surface area contributed by atoms with Crippen molar-refractivity contribution in [1.82, 2.24) is 5.32 Å². The van der Waals surface area contributed by atoms with E-state index >= 15 is 0 Å². The zero-order valence-electron chi connectivity index (χ0n) is 10.6. The molecule has 0 aromatic carbocycles. The van der Waals surface area contributed by atoms with Gasteiger partial charge in [0.2, 0.25) is 0 Å². The Balaban J connectivity index is 0.000000459. The molecule has 2 fully saturated rings. The minimum Gasteiger partial charge on any atom is -0.312 e. The SMILES string of the molecule is C1=CC=C2C3CCNC(CSC3)C2C=1.CC.I. The number of hydrogen-bond donors (Lipinski definition) is 1. The molecule has 96 valence electrons. The van der Waals surface area contributed by atoms with Crippen LogP contribution in [0.2, 0.25) is 0 Å². The van der Waals surface area contributed by atoms with Gasteiger partial charge in [-0.3, -0.25) is 0 Å². The molecular weight excluding hydrogens is 341 g/mol. The zero-order valence-corrected chi connectivity index (χ0v) is 13.8. The third kappa shape index (κ3) is 3.40. The quantitative estimate of drug-likeness (QED) is 0.521. The Labute approximate surface area is 126 Å². The third-order valence-corrected chi connectivity index (χ3v) is 4.69. The minimum atomic E-state index is 0. The summed E-state index contributed by atoms with van der Waals surface area (Å²) < 4.78 is 0. The first-order valence-corrected chi connectivity index (χ1v) is 7.54. The van der Waals surface area contributed by atoms with Crippen LogP contribution in [-0.4, -0.2) is 24.1 Å². The van der Waals surface area contributed by atoms with E-state index < -0.39 is 0 Å². The van der Waals surface area contributed by atoms with Crippen LogP contribution in [0.1, 0.15) is 20.3 Å². The molecular formula is C14H22INS. The van der Waals surface area contributed by atoms with E-state index in [1.165, 1.54) is 24.5 Å². The lowest BCUT2D eigenvalue weighted by Gasteiger charge is -2.23. The summed E-state index contributed by atoms with van der Waals surface area (Å²) in [5.41, 5.74) is 4.90. The van der Waals surface area contributed by atoms with Gasteiger partial charge in [0.05, 0.1) is 0 Å². The average Bonchev–Trinajstić information content (AvgIpc) is 2.59. The van der Waals surface area contributed by atoms with E-state index in [-0.39, 0.29) is 24.0 Å². The first-order chi connectivity index (χ1) is 7.95. The van der Waals surface area contributed by atoms with Gasteiger partial charge in [0.1, 0.15) is 0 Å². The number of halogens is 1. The molecule has 0 radical (unpaired) electrons. The average molecular weight is 363 g/mol. The predicted molar refractivity (Wildman–Crippen MR) is 88.2 cm³/mol. The standard InChI is InChI=1S/C12H15NS.C2H6.HI/c1-2-4-11-10(3-1)9-5-6-13-12(11)8-14-7-9;1-2;/h1,3-4,9,11-13H,5-8H2;1-2H3;1H. The van der Waals surface area contributed by atoms with Crippen LogP contribution >= 0.6 is 35.7 Å². The molecule has 1 nitrogen and oxygen atoms in total. The number of rotatable bonds is 0. The Morgan fingerprint density at radius 3 is 3.00 bits per heavy atom. The van der Waals surface area contributed by atoms with Crippen molar-refractivity contribution in [2.45, 2.75) is 26.3 Å². The van der Waals surface area contributed by atoms with E-state index in [0.717, 1.165) is 5.92 Å². The molecule has 2 saturated heterocycles. The molecule has 3 aliphatic rings. The van der Waals surface area contributed by atoms with E-state index in [0.29, 0.717) is 12.0 Å². The Hall–Kier alpha value is 0.300. The lowest BCUT2D eigenvalue weighted by atomic mass is 9.83. The maximum Gasteiger partial charge on any atom is 0.0264 e. The smallest absolute Gasteiger partial charge is 0.0264 e. The van der Waals surface area contributed by atoms with E-state index in [9.17, 15) is 0 Å². The molecule has 0 amide bonds. The molecule has 1 aliphatic carbocycles. The van der Waals surface area contributed by atoms with Crippen molar-refractivity contribution in [3.8, 4) is 0 Å². The van der Waals surface area contributed by atoms with E-state index in [2.05, 4.69) is 41.0 Å². The molecule has 2 aliphatic heterocycles. The van der Waals surface area contributed by atoms with Gasteiger partial charge in [0.25, 0.3) is 0 Å². The molecule has 0 spiro atoms. The van der Waals surface area contributed by atoms with Gasteiger partial charge in [-0.05, 0) is 36.8 Å². The summed E-state index contributed by atoms with van der Waals surface area (Å²) in [6.07, 6.45) is 7.96. The van der Waals surface area contributed by atoms with Crippen LogP contribution in [0.4, 0.5) is 0 Å². The van der Waals surface area contributed by atoms with Gasteiger partial charge in [0, 0.05) is 17.7 Å². The van der Waals surface area contributed by atoms with Gasteiger partial charge in [-0.2, -0.15) is 11.8 Å². The predicted octanol–water partition coefficient (Wildman–Crippen LogP) is 3.62. The summed E-state index contributed by atoms with van der Waals surface area (Å²) in [6.45, 7) is 5.19. The Kier molecular flexibility index (Phi) is 6.93. The molecule has 3 heteroatoms. The minimum absolute atomic E-state index is 0. The molecule has 2 bridgehead atoms. The summed E-state index contributed by atoms with van der Waals surface area (Å²) in [7, 11) is 0. The first-order valence-electron chi connectivity index (χ1n) is 6.39. The normalized spacial score (nSPS) is 33.3. The Morgan fingerprint density at radius 2 is 2.18 bits per heavy atom. The molecule has 3 unspecified atom stereocenters. The summed E-state index contributed by atoms with van der Waals surface area (Å²) in [4.78, 5) is 0. The molecule has 1 N–H and O–H groups in total. The highest BCUT2D eigenvalue weighted by molar-refractivity contribution is 14.0.